The van der Waals surface area contributed by atoms with Gasteiger partial charge in [0.15, 0.2) is 0 Å². The van der Waals surface area contributed by atoms with Crippen molar-refractivity contribution in [3.8, 4) is 11.8 Å². The third-order valence-corrected chi connectivity index (χ3v) is 3.25. The van der Waals surface area contributed by atoms with Crippen molar-refractivity contribution in [3.05, 3.63) is 53.1 Å². The van der Waals surface area contributed by atoms with Crippen molar-refractivity contribution < 1.29 is 9.53 Å². The van der Waals surface area contributed by atoms with Crippen molar-refractivity contribution in [1.82, 2.24) is 0 Å². The molecule has 0 saturated carbocycles. The maximum atomic E-state index is 12.0. The lowest BCUT2D eigenvalue weighted by molar-refractivity contribution is -0.114. The van der Waals surface area contributed by atoms with Crippen molar-refractivity contribution in [3.63, 3.8) is 0 Å². The first-order chi connectivity index (χ1) is 10.6. The van der Waals surface area contributed by atoms with Gasteiger partial charge in [-0.15, -0.1) is 0 Å². The molecule has 0 aliphatic rings. The van der Waals surface area contributed by atoms with Crippen LogP contribution in [0.2, 0.25) is 5.02 Å². The zero-order valence-electron chi connectivity index (χ0n) is 11.9. The molecule has 0 atom stereocenters. The van der Waals surface area contributed by atoms with Crippen LogP contribution in [-0.4, -0.2) is 19.6 Å². The van der Waals surface area contributed by atoms with E-state index < -0.39 is 0 Å². The highest BCUT2D eigenvalue weighted by Gasteiger charge is 2.07. The molecule has 1 amide bonds. The summed E-state index contributed by atoms with van der Waals surface area (Å²) in [5, 5.41) is 15.0. The highest BCUT2D eigenvalue weighted by molar-refractivity contribution is 6.31. The zero-order chi connectivity index (χ0) is 15.9. The molecule has 22 heavy (non-hydrogen) atoms. The molecule has 112 valence electrons. The molecule has 0 bridgehead atoms. The summed E-state index contributed by atoms with van der Waals surface area (Å²) in [5.41, 5.74) is 1.61. The van der Waals surface area contributed by atoms with Gasteiger partial charge in [0.05, 0.1) is 29.9 Å². The maximum absolute atomic E-state index is 12.0. The molecule has 0 aliphatic carbocycles. The van der Waals surface area contributed by atoms with Crippen LogP contribution in [0.4, 0.5) is 11.4 Å². The number of carbonyl (C=O) groups is 1. The SMILES string of the molecule is COc1ccccc1NC(=O)CNc1ccc(Cl)c(C#N)c1. The molecule has 0 aliphatic heterocycles. The average molecular weight is 316 g/mol. The highest BCUT2D eigenvalue weighted by Crippen LogP contribution is 2.23. The molecule has 5 nitrogen and oxygen atoms in total. The van der Waals surface area contributed by atoms with Gasteiger partial charge >= 0.3 is 0 Å². The minimum atomic E-state index is -0.224. The number of nitrogens with zero attached hydrogens (tertiary/aromatic N) is 1. The van der Waals surface area contributed by atoms with Crippen LogP contribution < -0.4 is 15.4 Å². The quantitative estimate of drug-likeness (QED) is 0.888. The van der Waals surface area contributed by atoms with Gasteiger partial charge in [0, 0.05) is 5.69 Å². The van der Waals surface area contributed by atoms with Crippen molar-refractivity contribution >= 4 is 28.9 Å². The molecule has 0 heterocycles. The predicted molar refractivity (Wildman–Crippen MR) is 86.3 cm³/mol. The number of hydrogen-bond acceptors (Lipinski definition) is 4. The number of para-hydroxylation sites is 2. The molecule has 2 N–H and O–H groups in total. The van der Waals surface area contributed by atoms with Crippen LogP contribution in [0, 0.1) is 11.3 Å². The lowest BCUT2D eigenvalue weighted by Crippen LogP contribution is -2.22. The van der Waals surface area contributed by atoms with Crippen molar-refractivity contribution in [2.24, 2.45) is 0 Å². The minimum absolute atomic E-state index is 0.0601. The van der Waals surface area contributed by atoms with Crippen LogP contribution in [0.3, 0.4) is 0 Å². The van der Waals surface area contributed by atoms with Gasteiger partial charge in [-0.2, -0.15) is 5.26 Å². The Hall–Kier alpha value is -2.71. The van der Waals surface area contributed by atoms with Crippen molar-refractivity contribution in [2.75, 3.05) is 24.3 Å². The molecule has 0 spiro atoms. The Morgan fingerprint density at radius 2 is 2.09 bits per heavy atom. The molecular formula is C16H14ClN3O2. The summed E-state index contributed by atoms with van der Waals surface area (Å²) in [6.45, 7) is 0.0601. The van der Waals surface area contributed by atoms with Crippen LogP contribution in [0.1, 0.15) is 5.56 Å². The van der Waals surface area contributed by atoms with Crippen LogP contribution >= 0.6 is 11.6 Å². The third kappa shape index (κ3) is 3.90. The summed E-state index contributed by atoms with van der Waals surface area (Å²) in [6.07, 6.45) is 0. The van der Waals surface area contributed by atoms with Crippen molar-refractivity contribution in [1.29, 1.82) is 5.26 Å². The molecule has 0 aromatic heterocycles. The van der Waals surface area contributed by atoms with Crippen molar-refractivity contribution in [2.45, 2.75) is 0 Å². The Bertz CT molecular complexity index is 726. The van der Waals surface area contributed by atoms with Crippen LogP contribution in [0.5, 0.6) is 5.75 Å². The zero-order valence-corrected chi connectivity index (χ0v) is 12.6. The monoisotopic (exact) mass is 315 g/mol. The first kappa shape index (κ1) is 15.7. The number of nitrogens with one attached hydrogen (secondary N) is 2. The number of nitriles is 1. The Balaban J connectivity index is 1.97. The molecule has 0 saturated heterocycles. The number of ether oxygens (including phenoxy) is 1. The van der Waals surface area contributed by atoms with E-state index in [1.165, 1.54) is 0 Å². The van der Waals surface area contributed by atoms with Gasteiger partial charge in [-0.25, -0.2) is 0 Å². The summed E-state index contributed by atoms with van der Waals surface area (Å²) < 4.78 is 5.17. The third-order valence-electron chi connectivity index (χ3n) is 2.92. The van der Waals surface area contributed by atoms with E-state index >= 15 is 0 Å². The first-order valence-corrected chi connectivity index (χ1v) is 6.88. The molecule has 0 radical (unpaired) electrons. The smallest absolute Gasteiger partial charge is 0.243 e. The van der Waals surface area contributed by atoms with Gasteiger partial charge < -0.3 is 15.4 Å². The van der Waals surface area contributed by atoms with Gasteiger partial charge in [-0.3, -0.25) is 4.79 Å². The summed E-state index contributed by atoms with van der Waals surface area (Å²) in [4.78, 5) is 12.0. The van der Waals surface area contributed by atoms with Crippen LogP contribution in [0.25, 0.3) is 0 Å². The second-order valence-electron chi connectivity index (χ2n) is 4.41. The number of halogens is 1. The average Bonchev–Trinajstić information content (AvgIpc) is 2.54. The molecule has 0 unspecified atom stereocenters. The number of carbonyl (C=O) groups excluding carboxylic acids is 1. The Labute approximate surface area is 133 Å². The van der Waals surface area contributed by atoms with Gasteiger partial charge in [0.25, 0.3) is 0 Å². The van der Waals surface area contributed by atoms with E-state index in [0.29, 0.717) is 27.7 Å². The number of rotatable bonds is 5. The number of methoxy groups -OCH3 is 1. The predicted octanol–water partition coefficient (Wildman–Crippen LogP) is 3.27. The van der Waals surface area contributed by atoms with E-state index in [9.17, 15) is 4.79 Å². The molecule has 2 rings (SSSR count). The van der Waals surface area contributed by atoms with E-state index in [2.05, 4.69) is 10.6 Å². The van der Waals surface area contributed by atoms with Gasteiger partial charge in [-0.05, 0) is 30.3 Å². The topological polar surface area (TPSA) is 74.2 Å². The fourth-order valence-corrected chi connectivity index (χ4v) is 2.01. The fourth-order valence-electron chi connectivity index (χ4n) is 1.85. The van der Waals surface area contributed by atoms with Gasteiger partial charge in [-0.1, -0.05) is 23.7 Å². The van der Waals surface area contributed by atoms with E-state index in [-0.39, 0.29) is 12.5 Å². The number of benzene rings is 2. The van der Waals surface area contributed by atoms with Crippen LogP contribution in [0.15, 0.2) is 42.5 Å². The van der Waals surface area contributed by atoms with Crippen LogP contribution in [-0.2, 0) is 4.79 Å². The lowest BCUT2D eigenvalue weighted by Gasteiger charge is -2.11. The Morgan fingerprint density at radius 3 is 2.82 bits per heavy atom. The standard InChI is InChI=1S/C16H14ClN3O2/c1-22-15-5-3-2-4-14(15)20-16(21)10-19-12-6-7-13(17)11(8-12)9-18/h2-8,19H,10H2,1H3,(H,20,21). The summed E-state index contributed by atoms with van der Waals surface area (Å²) in [5.74, 6) is 0.368. The lowest BCUT2D eigenvalue weighted by atomic mass is 10.2. The van der Waals surface area contributed by atoms with E-state index in [0.717, 1.165) is 0 Å². The molecule has 2 aromatic carbocycles. The molecular weight excluding hydrogens is 302 g/mol. The van der Waals surface area contributed by atoms with Gasteiger partial charge in [0.2, 0.25) is 5.91 Å². The first-order valence-electron chi connectivity index (χ1n) is 6.50. The maximum Gasteiger partial charge on any atom is 0.243 e. The Kier molecular flexibility index (Phi) is 5.23. The summed E-state index contributed by atoms with van der Waals surface area (Å²) in [6, 6.07) is 14.1. The highest BCUT2D eigenvalue weighted by atomic mass is 35.5. The largest absolute Gasteiger partial charge is 0.495 e. The number of amides is 1. The van der Waals surface area contributed by atoms with E-state index in [4.69, 9.17) is 21.6 Å². The summed E-state index contributed by atoms with van der Waals surface area (Å²) in [7, 11) is 1.54. The number of anilines is 2. The normalized spacial score (nSPS) is 9.68. The van der Waals surface area contributed by atoms with Gasteiger partial charge in [0.1, 0.15) is 11.8 Å². The van der Waals surface area contributed by atoms with E-state index in [1.54, 1.807) is 37.4 Å². The fraction of sp³-hybridized carbons (Fsp3) is 0.125. The molecule has 6 heteroatoms. The molecule has 2 aromatic rings. The second kappa shape index (κ2) is 7.34. The number of hydrogen-bond donors (Lipinski definition) is 2. The summed E-state index contributed by atoms with van der Waals surface area (Å²) >= 11 is 5.86. The second-order valence-corrected chi connectivity index (χ2v) is 4.82. The molecule has 0 fully saturated rings. The van der Waals surface area contributed by atoms with E-state index in [1.807, 2.05) is 18.2 Å². The Morgan fingerprint density at radius 1 is 1.32 bits per heavy atom. The minimum Gasteiger partial charge on any atom is -0.495 e.